The number of hydrogen-bond acceptors (Lipinski definition) is 2. The zero-order valence-corrected chi connectivity index (χ0v) is 19.0. The molecule has 0 aromatic heterocycles. The maximum atomic E-state index is 12.7. The van der Waals surface area contributed by atoms with Crippen LogP contribution in [0.15, 0.2) is 73.9 Å². The fraction of sp³-hybridized carbons (Fsp3) is 0.500. The molecule has 0 radical (unpaired) electrons. The molecule has 4 rings (SSSR count). The van der Waals surface area contributed by atoms with Crippen molar-refractivity contribution in [2.24, 2.45) is 47.3 Å². The Balaban J connectivity index is 1.24. The Bertz CT molecular complexity index is 810. The van der Waals surface area contributed by atoms with Gasteiger partial charge in [-0.1, -0.05) is 36.5 Å². The first-order valence-electron chi connectivity index (χ1n) is 12.0. The average molecular weight is 433 g/mol. The van der Waals surface area contributed by atoms with Gasteiger partial charge in [0.05, 0.1) is 0 Å². The van der Waals surface area contributed by atoms with E-state index in [4.69, 9.17) is 0 Å². The van der Waals surface area contributed by atoms with Gasteiger partial charge in [0, 0.05) is 24.2 Å². The lowest BCUT2D eigenvalue weighted by Gasteiger charge is -2.15. The molecule has 4 aliphatic carbocycles. The van der Waals surface area contributed by atoms with Gasteiger partial charge in [-0.15, -0.1) is 26.3 Å². The van der Waals surface area contributed by atoms with Crippen molar-refractivity contribution < 1.29 is 9.59 Å². The van der Waals surface area contributed by atoms with Crippen LogP contribution < -0.4 is 10.6 Å². The smallest absolute Gasteiger partial charge is 0.246 e. The van der Waals surface area contributed by atoms with Crippen molar-refractivity contribution in [1.82, 2.24) is 10.6 Å². The van der Waals surface area contributed by atoms with Crippen molar-refractivity contribution in [1.29, 1.82) is 0 Å². The SMILES string of the molecule is C=CC1CC(C=C)C2CC(C(=O)NCCNC(=O)C3=CC4C(C=C)CC(C=C)C4C3)=CC12. The van der Waals surface area contributed by atoms with Crippen molar-refractivity contribution in [3.8, 4) is 0 Å². The van der Waals surface area contributed by atoms with E-state index in [9.17, 15) is 9.59 Å². The second kappa shape index (κ2) is 9.48. The summed E-state index contributed by atoms with van der Waals surface area (Å²) in [4.78, 5) is 25.3. The van der Waals surface area contributed by atoms with Crippen LogP contribution >= 0.6 is 0 Å². The highest BCUT2D eigenvalue weighted by atomic mass is 16.2. The molecule has 0 heterocycles. The van der Waals surface area contributed by atoms with Crippen LogP contribution in [0.1, 0.15) is 25.7 Å². The van der Waals surface area contributed by atoms with Gasteiger partial charge in [0.25, 0.3) is 0 Å². The molecule has 4 aliphatic rings. The van der Waals surface area contributed by atoms with Crippen molar-refractivity contribution in [2.45, 2.75) is 25.7 Å². The molecule has 4 nitrogen and oxygen atoms in total. The molecule has 8 unspecified atom stereocenters. The maximum Gasteiger partial charge on any atom is 0.246 e. The van der Waals surface area contributed by atoms with Crippen LogP contribution in [0.3, 0.4) is 0 Å². The summed E-state index contributed by atoms with van der Waals surface area (Å²) in [5, 5.41) is 5.96. The third kappa shape index (κ3) is 4.07. The number of fused-ring (bicyclic) bond motifs is 2. The Kier molecular flexibility index (Phi) is 6.68. The first-order chi connectivity index (χ1) is 15.5. The van der Waals surface area contributed by atoms with E-state index in [2.05, 4.69) is 49.1 Å². The highest BCUT2D eigenvalue weighted by Gasteiger charge is 2.45. The molecule has 0 saturated heterocycles. The number of carbonyl (C=O) groups excluding carboxylic acids is 2. The molecule has 2 N–H and O–H groups in total. The topological polar surface area (TPSA) is 58.2 Å². The van der Waals surface area contributed by atoms with Crippen molar-refractivity contribution in [3.63, 3.8) is 0 Å². The van der Waals surface area contributed by atoms with Crippen LogP contribution in [0.2, 0.25) is 0 Å². The molecule has 0 aromatic rings. The van der Waals surface area contributed by atoms with E-state index in [-0.39, 0.29) is 11.8 Å². The standard InChI is InChI=1S/C28H36N2O2/c1-5-17-11-18(6-2)24-14-21(13-23(17)24)27(31)29-9-10-30-28(32)22-15-25-19(7-3)12-20(8-4)26(25)16-22/h5-8,13,15,17-20,23-26H,1-4,9-12,14,16H2,(H,29,31)(H,30,32). The number of hydrogen-bond donors (Lipinski definition) is 2. The van der Waals surface area contributed by atoms with Crippen molar-refractivity contribution >= 4 is 11.8 Å². The zero-order chi connectivity index (χ0) is 22.8. The van der Waals surface area contributed by atoms with Crippen LogP contribution in [0.25, 0.3) is 0 Å². The fourth-order valence-electron chi connectivity index (χ4n) is 6.64. The largest absolute Gasteiger partial charge is 0.351 e. The number of amides is 2. The molecule has 2 amide bonds. The number of nitrogens with one attached hydrogen (secondary N) is 2. The van der Waals surface area contributed by atoms with E-state index >= 15 is 0 Å². The molecular formula is C28H36N2O2. The molecule has 0 spiro atoms. The van der Waals surface area contributed by atoms with Crippen molar-refractivity contribution in [2.75, 3.05) is 13.1 Å². The molecule has 2 saturated carbocycles. The molecular weight excluding hydrogens is 396 g/mol. The molecule has 0 aliphatic heterocycles. The van der Waals surface area contributed by atoms with Crippen LogP contribution in [0, 0.1) is 47.3 Å². The van der Waals surface area contributed by atoms with Crippen LogP contribution in [-0.4, -0.2) is 24.9 Å². The minimum Gasteiger partial charge on any atom is -0.351 e. The van der Waals surface area contributed by atoms with Gasteiger partial charge >= 0.3 is 0 Å². The van der Waals surface area contributed by atoms with E-state index in [1.807, 2.05) is 24.3 Å². The molecule has 170 valence electrons. The second-order valence-corrected chi connectivity index (χ2v) is 9.86. The minimum absolute atomic E-state index is 0.0171. The lowest BCUT2D eigenvalue weighted by atomic mass is 9.89. The lowest BCUT2D eigenvalue weighted by molar-refractivity contribution is -0.119. The molecule has 0 bridgehead atoms. The van der Waals surface area contributed by atoms with E-state index in [0.717, 1.165) is 36.8 Å². The quantitative estimate of drug-likeness (QED) is 0.420. The predicted octanol–water partition coefficient (Wildman–Crippen LogP) is 4.36. The normalized spacial score (nSPS) is 37.0. The Morgan fingerprint density at radius 2 is 1.09 bits per heavy atom. The number of allylic oxidation sites excluding steroid dienone is 6. The van der Waals surface area contributed by atoms with E-state index in [0.29, 0.717) is 60.4 Å². The minimum atomic E-state index is -0.0171. The third-order valence-electron chi connectivity index (χ3n) is 8.36. The van der Waals surface area contributed by atoms with Gasteiger partial charge < -0.3 is 10.6 Å². The summed E-state index contributed by atoms with van der Waals surface area (Å²) < 4.78 is 0. The van der Waals surface area contributed by atoms with Gasteiger partial charge in [-0.3, -0.25) is 9.59 Å². The van der Waals surface area contributed by atoms with Gasteiger partial charge in [0.15, 0.2) is 0 Å². The summed E-state index contributed by atoms with van der Waals surface area (Å²) in [5.74, 6) is 3.42. The Morgan fingerprint density at radius 3 is 1.44 bits per heavy atom. The van der Waals surface area contributed by atoms with E-state index < -0.39 is 0 Å². The fourth-order valence-corrected chi connectivity index (χ4v) is 6.64. The highest BCUT2D eigenvalue weighted by Crippen LogP contribution is 2.51. The summed E-state index contributed by atoms with van der Waals surface area (Å²) >= 11 is 0. The molecule has 0 aromatic carbocycles. The molecule has 4 heteroatoms. The summed E-state index contributed by atoms with van der Waals surface area (Å²) in [5.41, 5.74) is 1.73. The van der Waals surface area contributed by atoms with Crippen LogP contribution in [-0.2, 0) is 9.59 Å². The summed E-state index contributed by atoms with van der Waals surface area (Å²) in [7, 11) is 0. The third-order valence-corrected chi connectivity index (χ3v) is 8.36. The summed E-state index contributed by atoms with van der Waals surface area (Å²) in [6.07, 6.45) is 16.2. The highest BCUT2D eigenvalue weighted by molar-refractivity contribution is 5.95. The van der Waals surface area contributed by atoms with Crippen molar-refractivity contribution in [3.05, 3.63) is 73.9 Å². The second-order valence-electron chi connectivity index (χ2n) is 9.86. The Morgan fingerprint density at radius 1 is 0.719 bits per heavy atom. The van der Waals surface area contributed by atoms with Gasteiger partial charge in [0.2, 0.25) is 11.8 Å². The van der Waals surface area contributed by atoms with E-state index in [1.165, 1.54) is 0 Å². The maximum absolute atomic E-state index is 12.7. The van der Waals surface area contributed by atoms with Crippen LogP contribution in [0.5, 0.6) is 0 Å². The van der Waals surface area contributed by atoms with Gasteiger partial charge in [-0.2, -0.15) is 0 Å². The molecule has 32 heavy (non-hydrogen) atoms. The zero-order valence-electron chi connectivity index (χ0n) is 19.0. The molecule has 2 fully saturated rings. The number of rotatable bonds is 9. The monoisotopic (exact) mass is 432 g/mol. The molecule has 8 atom stereocenters. The predicted molar refractivity (Wildman–Crippen MR) is 129 cm³/mol. The van der Waals surface area contributed by atoms with Gasteiger partial charge in [-0.25, -0.2) is 0 Å². The first-order valence-corrected chi connectivity index (χ1v) is 12.0. The van der Waals surface area contributed by atoms with Gasteiger partial charge in [0.1, 0.15) is 0 Å². The summed E-state index contributed by atoms with van der Waals surface area (Å²) in [6, 6.07) is 0. The lowest BCUT2D eigenvalue weighted by Crippen LogP contribution is -2.35. The number of carbonyl (C=O) groups is 2. The Labute approximate surface area is 192 Å². The first kappa shape index (κ1) is 22.6. The summed E-state index contributed by atoms with van der Waals surface area (Å²) in [6.45, 7) is 16.7. The average Bonchev–Trinajstić information content (AvgIpc) is 3.55. The van der Waals surface area contributed by atoms with Crippen LogP contribution in [0.4, 0.5) is 0 Å². The van der Waals surface area contributed by atoms with E-state index in [1.54, 1.807) is 0 Å². The Hall–Kier alpha value is -2.62. The van der Waals surface area contributed by atoms with Gasteiger partial charge in [-0.05, 0) is 73.0 Å².